The smallest absolute Gasteiger partial charge is 0.0113 e. The van der Waals surface area contributed by atoms with Gasteiger partial charge < -0.3 is 0 Å². The molecule has 0 saturated carbocycles. The lowest BCUT2D eigenvalue weighted by atomic mass is 10.4. The van der Waals surface area contributed by atoms with Gasteiger partial charge in [-0.1, -0.05) is 12.4 Å². The molecule has 0 amide bonds. The highest BCUT2D eigenvalue weighted by atomic mass is 32.2. The first-order valence-electron chi connectivity index (χ1n) is 2.58. The fourth-order valence-electron chi connectivity index (χ4n) is 0.351. The third-order valence-corrected chi connectivity index (χ3v) is 1.76. The Labute approximate surface area is 53.9 Å². The fourth-order valence-corrected chi connectivity index (χ4v) is 1.05. The van der Waals surface area contributed by atoms with Gasteiger partial charge in [0.15, 0.2) is 0 Å². The summed E-state index contributed by atoms with van der Waals surface area (Å²) >= 11 is 0. The third kappa shape index (κ3) is 4.09. The molecule has 8 heavy (non-hydrogen) atoms. The summed E-state index contributed by atoms with van der Waals surface area (Å²) in [6.45, 7) is 7.78. The normalized spacial score (nSPS) is 13.9. The number of nitrogens with one attached hydrogen (secondary N) is 1. The molecule has 48 valence electrons. The highest BCUT2D eigenvalue weighted by molar-refractivity contribution is 8.15. The largest absolute Gasteiger partial charge is 0.264 e. The van der Waals surface area contributed by atoms with Gasteiger partial charge in [0, 0.05) is 6.04 Å². The Morgan fingerprint density at radius 3 is 2.25 bits per heavy atom. The van der Waals surface area contributed by atoms with Crippen LogP contribution in [0.5, 0.6) is 0 Å². The van der Waals surface area contributed by atoms with Gasteiger partial charge in [-0.05, 0) is 19.3 Å². The average molecular weight is 131 g/mol. The molecule has 1 nitrogen and oxygen atoms in total. The van der Waals surface area contributed by atoms with Crippen molar-refractivity contribution in [2.75, 3.05) is 0 Å². The Kier molecular flexibility index (Phi) is 3.83. The van der Waals surface area contributed by atoms with Crippen molar-refractivity contribution in [3.8, 4) is 0 Å². The van der Waals surface area contributed by atoms with Crippen LogP contribution in [0.25, 0.3) is 0 Å². The van der Waals surface area contributed by atoms with E-state index in [0.717, 1.165) is 0 Å². The maximum Gasteiger partial charge on any atom is 0.0113 e. The molecule has 0 aromatic heterocycles. The molecule has 0 heterocycles. The summed E-state index contributed by atoms with van der Waals surface area (Å²) in [6.07, 6.45) is 0. The van der Waals surface area contributed by atoms with E-state index in [1.165, 1.54) is 0 Å². The van der Waals surface area contributed by atoms with Crippen molar-refractivity contribution in [3.63, 3.8) is 0 Å². The van der Waals surface area contributed by atoms with Gasteiger partial charge in [0.2, 0.25) is 0 Å². The molecule has 0 rings (SSSR count). The average Bonchev–Trinajstić information content (AvgIpc) is 1.65. The summed E-state index contributed by atoms with van der Waals surface area (Å²) in [6, 6.07) is 0.508. The summed E-state index contributed by atoms with van der Waals surface area (Å²) in [5.74, 6) is 3.80. The van der Waals surface area contributed by atoms with Gasteiger partial charge in [0.1, 0.15) is 0 Å². The second kappa shape index (κ2) is 3.87. The van der Waals surface area contributed by atoms with E-state index < -0.39 is 0 Å². The minimum atomic E-state index is -0.0432. The molecule has 0 spiro atoms. The number of hydrogen-bond donors (Lipinski definition) is 1. The lowest BCUT2D eigenvalue weighted by Gasteiger charge is -2.06. The molecule has 0 fully saturated rings. The van der Waals surface area contributed by atoms with Gasteiger partial charge in [0.25, 0.3) is 0 Å². The van der Waals surface area contributed by atoms with E-state index in [-0.39, 0.29) is 10.7 Å². The van der Waals surface area contributed by atoms with E-state index >= 15 is 0 Å². The van der Waals surface area contributed by atoms with Crippen molar-refractivity contribution in [2.24, 2.45) is 0 Å². The molecular weight excluding hydrogens is 118 g/mol. The van der Waals surface area contributed by atoms with Crippen LogP contribution in [0.15, 0.2) is 12.0 Å². The van der Waals surface area contributed by atoms with Gasteiger partial charge >= 0.3 is 0 Å². The molecular formula is C6H13NS. The van der Waals surface area contributed by atoms with E-state index in [2.05, 4.69) is 31.0 Å². The van der Waals surface area contributed by atoms with Gasteiger partial charge in [0.05, 0.1) is 0 Å². The zero-order chi connectivity index (χ0) is 6.57. The van der Waals surface area contributed by atoms with E-state index in [1.54, 1.807) is 0 Å². The Hall–Kier alpha value is -0.0800. The van der Waals surface area contributed by atoms with Crippen LogP contribution in [0.1, 0.15) is 13.8 Å². The van der Waals surface area contributed by atoms with Crippen molar-refractivity contribution in [2.45, 2.75) is 19.9 Å². The number of rotatable bonds is 3. The molecule has 0 bridgehead atoms. The second-order valence-corrected chi connectivity index (χ2v) is 3.29. The van der Waals surface area contributed by atoms with Crippen molar-refractivity contribution >= 4 is 16.5 Å². The predicted octanol–water partition coefficient (Wildman–Crippen LogP) is 1.74. The minimum Gasteiger partial charge on any atom is -0.264 e. The Morgan fingerprint density at radius 1 is 1.62 bits per heavy atom. The van der Waals surface area contributed by atoms with E-state index in [0.29, 0.717) is 6.04 Å². The molecule has 0 aliphatic heterocycles. The lowest BCUT2D eigenvalue weighted by molar-refractivity contribution is 0.773. The molecule has 1 atom stereocenters. The van der Waals surface area contributed by atoms with Crippen LogP contribution in [0, 0.1) is 0 Å². The zero-order valence-corrected chi connectivity index (χ0v) is 6.29. The SMILES string of the molecule is C=CS(=C)NC(C)C. The van der Waals surface area contributed by atoms with Crippen molar-refractivity contribution < 1.29 is 0 Å². The molecule has 0 aromatic rings. The van der Waals surface area contributed by atoms with Crippen LogP contribution < -0.4 is 4.72 Å². The summed E-state index contributed by atoms with van der Waals surface area (Å²) in [4.78, 5) is 0. The molecule has 0 aromatic carbocycles. The first-order valence-corrected chi connectivity index (χ1v) is 4.04. The number of hydrogen-bond acceptors (Lipinski definition) is 1. The van der Waals surface area contributed by atoms with Crippen LogP contribution >= 0.6 is 10.7 Å². The van der Waals surface area contributed by atoms with Crippen LogP contribution in [0.4, 0.5) is 0 Å². The summed E-state index contributed by atoms with van der Waals surface area (Å²) in [7, 11) is -0.0432. The lowest BCUT2D eigenvalue weighted by Crippen LogP contribution is -2.14. The van der Waals surface area contributed by atoms with Crippen molar-refractivity contribution in [3.05, 3.63) is 12.0 Å². The highest BCUT2D eigenvalue weighted by Crippen LogP contribution is 2.03. The van der Waals surface area contributed by atoms with E-state index in [4.69, 9.17) is 0 Å². The monoisotopic (exact) mass is 131 g/mol. The molecule has 0 aliphatic carbocycles. The standard InChI is InChI=1S/C6H13NS/c1-5-8(4)7-6(2)3/h5-7H,1,4H2,2-3H3. The fraction of sp³-hybridized carbons (Fsp3) is 0.500. The molecule has 0 radical (unpaired) electrons. The third-order valence-electron chi connectivity index (χ3n) is 0.588. The zero-order valence-electron chi connectivity index (χ0n) is 5.48. The van der Waals surface area contributed by atoms with E-state index in [1.807, 2.05) is 5.41 Å². The van der Waals surface area contributed by atoms with Crippen LogP contribution in [0.3, 0.4) is 0 Å². The van der Waals surface area contributed by atoms with Crippen molar-refractivity contribution in [1.29, 1.82) is 0 Å². The predicted molar refractivity (Wildman–Crippen MR) is 43.2 cm³/mol. The van der Waals surface area contributed by atoms with Crippen molar-refractivity contribution in [1.82, 2.24) is 4.72 Å². The molecule has 2 heteroatoms. The summed E-state index contributed by atoms with van der Waals surface area (Å²) < 4.78 is 3.19. The van der Waals surface area contributed by atoms with Gasteiger partial charge in [-0.3, -0.25) is 4.72 Å². The Morgan fingerprint density at radius 2 is 2.12 bits per heavy atom. The van der Waals surface area contributed by atoms with E-state index in [9.17, 15) is 0 Å². The topological polar surface area (TPSA) is 12.0 Å². The maximum absolute atomic E-state index is 3.80. The Bertz CT molecular complexity index is 96.7. The van der Waals surface area contributed by atoms with Gasteiger partial charge in [-0.25, -0.2) is 0 Å². The quantitative estimate of drug-likeness (QED) is 0.575. The summed E-state index contributed by atoms with van der Waals surface area (Å²) in [5.41, 5.74) is 0. The molecule has 1 N–H and O–H groups in total. The van der Waals surface area contributed by atoms with Crippen LogP contribution in [-0.2, 0) is 0 Å². The second-order valence-electron chi connectivity index (χ2n) is 1.87. The first kappa shape index (κ1) is 7.92. The molecule has 1 unspecified atom stereocenters. The van der Waals surface area contributed by atoms with Gasteiger partial charge in [-0.2, -0.15) is 0 Å². The first-order chi connectivity index (χ1) is 3.66. The highest BCUT2D eigenvalue weighted by Gasteiger charge is 1.87. The molecule has 0 saturated heterocycles. The minimum absolute atomic E-state index is 0.0432. The van der Waals surface area contributed by atoms with Crippen LogP contribution in [-0.4, -0.2) is 11.9 Å². The van der Waals surface area contributed by atoms with Crippen LogP contribution in [0.2, 0.25) is 0 Å². The Balaban J connectivity index is 3.39. The summed E-state index contributed by atoms with van der Waals surface area (Å²) in [5, 5.41) is 1.82. The van der Waals surface area contributed by atoms with Gasteiger partial charge in [-0.15, -0.1) is 10.7 Å². The molecule has 0 aliphatic rings. The maximum atomic E-state index is 3.80.